The highest BCUT2D eigenvalue weighted by molar-refractivity contribution is 7.86. The van der Waals surface area contributed by atoms with Crippen molar-refractivity contribution in [3.8, 4) is 0 Å². The third-order valence-corrected chi connectivity index (χ3v) is 6.68. The predicted octanol–water partition coefficient (Wildman–Crippen LogP) is 2.22. The van der Waals surface area contributed by atoms with E-state index in [0.717, 1.165) is 11.1 Å². The van der Waals surface area contributed by atoms with Crippen LogP contribution in [0.25, 0.3) is 0 Å². The fraction of sp³-hybridized carbons (Fsp3) is 0.391. The third kappa shape index (κ3) is 5.09. The van der Waals surface area contributed by atoms with E-state index in [-0.39, 0.29) is 4.90 Å². The van der Waals surface area contributed by atoms with Gasteiger partial charge in [0.05, 0.1) is 11.5 Å². The standard InChI is InChI=1S/C23H25NO8S/c1-14-9-11-17(12-10-14)33(26,27)29-13-18-20(30-15(2)25)21-19(23(28-3)31-18)24-22(32-21)16-7-5-4-6-8-16/h4-12,18-21,23H,13H2,1-3H3/t18-,19+,20-,21-,23+/m1/s1. The molecule has 2 aliphatic rings. The Morgan fingerprint density at radius 3 is 2.42 bits per heavy atom. The van der Waals surface area contributed by atoms with Gasteiger partial charge in [-0.25, -0.2) is 4.99 Å². The number of fused-ring (bicyclic) bond motifs is 1. The number of benzene rings is 2. The van der Waals surface area contributed by atoms with Crippen LogP contribution in [-0.2, 0) is 38.0 Å². The summed E-state index contributed by atoms with van der Waals surface area (Å²) in [5.41, 5.74) is 1.67. The topological polar surface area (TPSA) is 110 Å². The van der Waals surface area contributed by atoms with E-state index in [9.17, 15) is 13.2 Å². The highest BCUT2D eigenvalue weighted by Crippen LogP contribution is 2.34. The molecule has 0 aliphatic carbocycles. The molecule has 0 amide bonds. The zero-order valence-corrected chi connectivity index (χ0v) is 19.2. The summed E-state index contributed by atoms with van der Waals surface area (Å²) in [5.74, 6) is -0.205. The average Bonchev–Trinajstić information content (AvgIpc) is 3.25. The summed E-state index contributed by atoms with van der Waals surface area (Å²) in [6.07, 6.45) is -3.51. The SMILES string of the molecule is CO[C@H]1O[C@H](COS(=O)(=O)c2ccc(C)cc2)[C@@H](OC(C)=O)[C@@H]2OC(c3ccccc3)=N[C@H]12. The van der Waals surface area contributed by atoms with Crippen LogP contribution in [0, 0.1) is 6.92 Å². The number of hydrogen-bond donors (Lipinski definition) is 0. The number of carbonyl (C=O) groups excluding carboxylic acids is 1. The van der Waals surface area contributed by atoms with Crippen molar-refractivity contribution in [2.24, 2.45) is 4.99 Å². The summed E-state index contributed by atoms with van der Waals surface area (Å²) >= 11 is 0. The molecule has 0 bridgehead atoms. The minimum atomic E-state index is -4.06. The van der Waals surface area contributed by atoms with Crippen LogP contribution in [0.4, 0.5) is 0 Å². The Labute approximate surface area is 192 Å². The molecule has 1 fully saturated rings. The molecule has 0 N–H and O–H groups in total. The normalized spacial score (nSPS) is 26.8. The first kappa shape index (κ1) is 23.4. The largest absolute Gasteiger partial charge is 0.468 e. The van der Waals surface area contributed by atoms with Gasteiger partial charge in [0.25, 0.3) is 10.1 Å². The molecule has 0 aromatic heterocycles. The zero-order valence-electron chi connectivity index (χ0n) is 18.4. The molecule has 0 saturated carbocycles. The van der Waals surface area contributed by atoms with Crippen LogP contribution in [0.2, 0.25) is 0 Å². The van der Waals surface area contributed by atoms with E-state index in [2.05, 4.69) is 4.99 Å². The van der Waals surface area contributed by atoms with Crippen molar-refractivity contribution < 1.29 is 36.3 Å². The molecular formula is C23H25NO8S. The first-order chi connectivity index (χ1) is 15.8. The van der Waals surface area contributed by atoms with Crippen LogP contribution in [0.1, 0.15) is 18.1 Å². The van der Waals surface area contributed by atoms with Crippen molar-refractivity contribution in [3.05, 3.63) is 65.7 Å². The molecule has 0 radical (unpaired) electrons. The second-order valence-corrected chi connectivity index (χ2v) is 9.39. The quantitative estimate of drug-likeness (QED) is 0.443. The zero-order chi connectivity index (χ0) is 23.6. The maximum absolute atomic E-state index is 12.7. The molecule has 2 aromatic rings. The lowest BCUT2D eigenvalue weighted by Gasteiger charge is -2.40. The second kappa shape index (κ2) is 9.60. The molecule has 4 rings (SSSR count). The Kier molecular flexibility index (Phi) is 6.80. The van der Waals surface area contributed by atoms with Gasteiger partial charge >= 0.3 is 5.97 Å². The smallest absolute Gasteiger partial charge is 0.303 e. The lowest BCUT2D eigenvalue weighted by atomic mass is 9.97. The van der Waals surface area contributed by atoms with Gasteiger partial charge in [0.2, 0.25) is 5.90 Å². The first-order valence-corrected chi connectivity index (χ1v) is 11.8. The van der Waals surface area contributed by atoms with Crippen molar-refractivity contribution in [1.29, 1.82) is 0 Å². The van der Waals surface area contributed by atoms with Gasteiger partial charge in [-0.1, -0.05) is 35.9 Å². The van der Waals surface area contributed by atoms with Crippen molar-refractivity contribution in [2.75, 3.05) is 13.7 Å². The third-order valence-electron chi connectivity index (χ3n) is 5.38. The van der Waals surface area contributed by atoms with Crippen molar-refractivity contribution >= 4 is 22.0 Å². The number of aryl methyl sites for hydroxylation is 1. The molecule has 1 saturated heterocycles. The molecule has 2 aromatic carbocycles. The van der Waals surface area contributed by atoms with Crippen LogP contribution in [0.3, 0.4) is 0 Å². The van der Waals surface area contributed by atoms with E-state index in [1.54, 1.807) is 12.1 Å². The van der Waals surface area contributed by atoms with Gasteiger partial charge in [-0.3, -0.25) is 8.98 Å². The number of carbonyl (C=O) groups is 1. The van der Waals surface area contributed by atoms with Gasteiger partial charge in [0.15, 0.2) is 18.5 Å². The lowest BCUT2D eigenvalue weighted by molar-refractivity contribution is -0.253. The Bertz CT molecular complexity index is 1120. The van der Waals surface area contributed by atoms with Crippen molar-refractivity contribution in [3.63, 3.8) is 0 Å². The number of esters is 1. The van der Waals surface area contributed by atoms with Gasteiger partial charge in [0.1, 0.15) is 12.1 Å². The summed E-state index contributed by atoms with van der Waals surface area (Å²) in [4.78, 5) is 16.4. The molecule has 2 heterocycles. The highest BCUT2D eigenvalue weighted by Gasteiger charge is 2.53. The molecule has 10 heteroatoms. The number of methoxy groups -OCH3 is 1. The van der Waals surface area contributed by atoms with Gasteiger partial charge in [-0.05, 0) is 31.2 Å². The molecule has 176 valence electrons. The predicted molar refractivity (Wildman–Crippen MR) is 117 cm³/mol. The summed E-state index contributed by atoms with van der Waals surface area (Å²) in [6.45, 7) is 2.71. The number of rotatable bonds is 7. The monoisotopic (exact) mass is 475 g/mol. The van der Waals surface area contributed by atoms with Gasteiger partial charge < -0.3 is 18.9 Å². The number of nitrogens with zero attached hydrogens (tertiary/aromatic N) is 1. The van der Waals surface area contributed by atoms with Gasteiger partial charge in [0, 0.05) is 19.6 Å². The second-order valence-electron chi connectivity index (χ2n) is 7.78. The Morgan fingerprint density at radius 2 is 1.79 bits per heavy atom. The molecule has 33 heavy (non-hydrogen) atoms. The average molecular weight is 476 g/mol. The maximum Gasteiger partial charge on any atom is 0.303 e. The summed E-state index contributed by atoms with van der Waals surface area (Å²) < 4.78 is 53.5. The first-order valence-electron chi connectivity index (χ1n) is 10.4. The maximum atomic E-state index is 12.7. The highest BCUT2D eigenvalue weighted by atomic mass is 32.2. The fourth-order valence-corrected chi connectivity index (χ4v) is 4.69. The number of aliphatic imine (C=N–C) groups is 1. The van der Waals surface area contributed by atoms with Crippen LogP contribution < -0.4 is 0 Å². The lowest BCUT2D eigenvalue weighted by Crippen LogP contribution is -2.59. The van der Waals surface area contributed by atoms with Crippen molar-refractivity contribution in [2.45, 2.75) is 49.4 Å². The molecule has 0 spiro atoms. The number of ether oxygens (including phenoxy) is 4. The summed E-state index contributed by atoms with van der Waals surface area (Å²) in [6, 6.07) is 14.9. The van der Waals surface area contributed by atoms with Gasteiger partial charge in [-0.2, -0.15) is 8.42 Å². The molecule has 0 unspecified atom stereocenters. The number of hydrogen-bond acceptors (Lipinski definition) is 9. The van der Waals surface area contributed by atoms with Crippen LogP contribution >= 0.6 is 0 Å². The van der Waals surface area contributed by atoms with E-state index < -0.39 is 53.3 Å². The van der Waals surface area contributed by atoms with E-state index in [4.69, 9.17) is 23.1 Å². The molecule has 2 aliphatic heterocycles. The molecular weight excluding hydrogens is 450 g/mol. The van der Waals surface area contributed by atoms with E-state index in [0.29, 0.717) is 5.90 Å². The Morgan fingerprint density at radius 1 is 1.09 bits per heavy atom. The fourth-order valence-electron chi connectivity index (χ4n) is 3.77. The van der Waals surface area contributed by atoms with E-state index in [1.165, 1.54) is 26.2 Å². The minimum absolute atomic E-state index is 0.0147. The van der Waals surface area contributed by atoms with E-state index in [1.807, 2.05) is 37.3 Å². The minimum Gasteiger partial charge on any atom is -0.468 e. The van der Waals surface area contributed by atoms with Crippen LogP contribution in [0.5, 0.6) is 0 Å². The Balaban J connectivity index is 1.56. The Hall–Kier alpha value is -2.79. The molecule has 9 nitrogen and oxygen atoms in total. The van der Waals surface area contributed by atoms with Crippen LogP contribution in [-0.4, -0.2) is 64.6 Å². The van der Waals surface area contributed by atoms with Crippen molar-refractivity contribution in [1.82, 2.24) is 0 Å². The van der Waals surface area contributed by atoms with Crippen LogP contribution in [0.15, 0.2) is 64.5 Å². The summed E-state index contributed by atoms with van der Waals surface area (Å²) in [5, 5.41) is 0. The molecule has 5 atom stereocenters. The van der Waals surface area contributed by atoms with E-state index >= 15 is 0 Å². The van der Waals surface area contributed by atoms with Gasteiger partial charge in [-0.15, -0.1) is 0 Å². The summed E-state index contributed by atoms with van der Waals surface area (Å²) in [7, 11) is -2.61.